The minimum atomic E-state index is -0.961. The predicted octanol–water partition coefficient (Wildman–Crippen LogP) is 2.86. The smallest absolute Gasteiger partial charge is 0.316 e. The quantitative estimate of drug-likeness (QED) is 0.760. The van der Waals surface area contributed by atoms with E-state index in [4.69, 9.17) is 9.52 Å². The average molecular weight is 363 g/mol. The summed E-state index contributed by atoms with van der Waals surface area (Å²) < 4.78 is 5.32. The van der Waals surface area contributed by atoms with Crippen molar-refractivity contribution < 1.29 is 19.1 Å². The molecule has 1 aromatic carbocycles. The number of nitrogens with one attached hydrogen (secondary N) is 1. The number of hydrogen-bond donors (Lipinski definition) is 2. The Bertz CT molecular complexity index is 750. The molecule has 1 amide bonds. The Morgan fingerprint density at radius 1 is 1.24 bits per heavy atom. The Morgan fingerprint density at radius 3 is 2.44 bits per heavy atom. The minimum absolute atomic E-state index is 0.0277. The topological polar surface area (TPSA) is 105 Å². The molecule has 0 bridgehead atoms. The fourth-order valence-electron chi connectivity index (χ4n) is 1.94. The Kier molecular flexibility index (Phi) is 5.84. The molecule has 134 valence electrons. The first-order valence-electron chi connectivity index (χ1n) is 7.77. The lowest BCUT2D eigenvalue weighted by Gasteiger charge is -2.18. The van der Waals surface area contributed by atoms with Gasteiger partial charge in [0, 0.05) is 5.56 Å². The second-order valence-corrected chi connectivity index (χ2v) is 7.86. The minimum Gasteiger partial charge on any atom is -0.480 e. The Morgan fingerprint density at radius 2 is 1.88 bits per heavy atom. The van der Waals surface area contributed by atoms with E-state index < -0.39 is 11.2 Å². The third-order valence-electron chi connectivity index (χ3n) is 3.49. The highest BCUT2D eigenvalue weighted by Gasteiger charge is 2.18. The van der Waals surface area contributed by atoms with Crippen molar-refractivity contribution in [3.63, 3.8) is 0 Å². The molecular weight excluding hydrogens is 342 g/mol. The molecule has 2 rings (SSSR count). The van der Waals surface area contributed by atoms with Crippen molar-refractivity contribution in [2.75, 3.05) is 0 Å². The number of carbonyl (C=O) groups is 2. The van der Waals surface area contributed by atoms with Gasteiger partial charge >= 0.3 is 5.97 Å². The zero-order valence-electron chi connectivity index (χ0n) is 14.6. The summed E-state index contributed by atoms with van der Waals surface area (Å²) in [6.45, 7) is 7.93. The van der Waals surface area contributed by atoms with E-state index in [0.29, 0.717) is 5.56 Å². The Hall–Kier alpha value is -2.35. The normalized spacial score (nSPS) is 12.6. The summed E-state index contributed by atoms with van der Waals surface area (Å²) in [5.41, 5.74) is 1.72. The molecule has 1 heterocycles. The van der Waals surface area contributed by atoms with Gasteiger partial charge in [-0.1, -0.05) is 44.7 Å². The molecule has 2 aromatic rings. The van der Waals surface area contributed by atoms with Gasteiger partial charge in [-0.25, -0.2) is 0 Å². The molecule has 0 saturated carbocycles. The summed E-state index contributed by atoms with van der Waals surface area (Å²) in [7, 11) is 0. The molecule has 0 saturated heterocycles. The van der Waals surface area contributed by atoms with Crippen LogP contribution in [0.4, 0.5) is 0 Å². The average Bonchev–Trinajstić information content (AvgIpc) is 2.99. The van der Waals surface area contributed by atoms with Crippen LogP contribution in [0.15, 0.2) is 33.9 Å². The van der Waals surface area contributed by atoms with E-state index in [1.807, 2.05) is 12.1 Å². The van der Waals surface area contributed by atoms with E-state index in [1.54, 1.807) is 12.1 Å². The molecule has 2 N–H and O–H groups in total. The van der Waals surface area contributed by atoms with E-state index in [9.17, 15) is 9.59 Å². The largest absolute Gasteiger partial charge is 0.480 e. The summed E-state index contributed by atoms with van der Waals surface area (Å²) in [4.78, 5) is 23.0. The van der Waals surface area contributed by atoms with Crippen LogP contribution >= 0.6 is 11.8 Å². The van der Waals surface area contributed by atoms with E-state index >= 15 is 0 Å². The number of rotatable bonds is 6. The fraction of sp³-hybridized carbons (Fsp3) is 0.412. The number of hydrogen-bond acceptors (Lipinski definition) is 6. The van der Waals surface area contributed by atoms with Gasteiger partial charge in [0.25, 0.3) is 11.1 Å². The van der Waals surface area contributed by atoms with Crippen molar-refractivity contribution in [2.45, 2.75) is 50.1 Å². The van der Waals surface area contributed by atoms with Crippen LogP contribution < -0.4 is 5.32 Å². The van der Waals surface area contributed by atoms with Crippen molar-refractivity contribution in [1.29, 1.82) is 0 Å². The fourth-order valence-corrected chi connectivity index (χ4v) is 2.57. The van der Waals surface area contributed by atoms with Crippen LogP contribution in [0.5, 0.6) is 0 Å². The highest BCUT2D eigenvalue weighted by molar-refractivity contribution is 8.00. The first kappa shape index (κ1) is 19.0. The summed E-state index contributed by atoms with van der Waals surface area (Å²) in [5, 5.41) is 18.6. The van der Waals surface area contributed by atoms with Crippen LogP contribution in [0.25, 0.3) is 0 Å². The third kappa shape index (κ3) is 5.32. The summed E-state index contributed by atoms with van der Waals surface area (Å²) >= 11 is 0.954. The van der Waals surface area contributed by atoms with E-state index in [0.717, 1.165) is 17.3 Å². The number of thioether (sulfide) groups is 1. The first-order valence-corrected chi connectivity index (χ1v) is 8.65. The maximum atomic E-state index is 12.2. The van der Waals surface area contributed by atoms with Crippen LogP contribution in [0.3, 0.4) is 0 Å². The zero-order chi connectivity index (χ0) is 18.6. The number of aliphatic carboxylic acids is 1. The number of amides is 1. The van der Waals surface area contributed by atoms with E-state index in [2.05, 4.69) is 36.3 Å². The van der Waals surface area contributed by atoms with Crippen molar-refractivity contribution in [2.24, 2.45) is 0 Å². The molecule has 25 heavy (non-hydrogen) atoms. The molecule has 0 fully saturated rings. The molecule has 8 heteroatoms. The SMILES string of the molecule is C[C@@H](Sc1nnc(CNC(=O)c2ccc(C(C)(C)C)cc2)o1)C(=O)O. The lowest BCUT2D eigenvalue weighted by atomic mass is 9.87. The molecular formula is C17H21N3O4S. The van der Waals surface area contributed by atoms with Crippen molar-refractivity contribution >= 4 is 23.6 Å². The summed E-state index contributed by atoms with van der Waals surface area (Å²) in [6.07, 6.45) is 0. The van der Waals surface area contributed by atoms with Gasteiger partial charge in [-0.2, -0.15) is 0 Å². The maximum Gasteiger partial charge on any atom is 0.316 e. The van der Waals surface area contributed by atoms with Gasteiger partial charge in [0.1, 0.15) is 5.25 Å². The van der Waals surface area contributed by atoms with Crippen LogP contribution in [0.2, 0.25) is 0 Å². The Balaban J connectivity index is 1.92. The number of carboxylic acids is 1. The van der Waals surface area contributed by atoms with Gasteiger partial charge in [-0.3, -0.25) is 9.59 Å². The lowest BCUT2D eigenvalue weighted by Crippen LogP contribution is -2.23. The van der Waals surface area contributed by atoms with Crippen LogP contribution in [-0.2, 0) is 16.8 Å². The highest BCUT2D eigenvalue weighted by Crippen LogP contribution is 2.23. The number of benzene rings is 1. The number of carboxylic acid groups (broad SMARTS) is 1. The summed E-state index contributed by atoms with van der Waals surface area (Å²) in [5.74, 6) is -0.983. The predicted molar refractivity (Wildman–Crippen MR) is 93.6 cm³/mol. The molecule has 1 atom stereocenters. The second-order valence-electron chi connectivity index (χ2n) is 6.57. The zero-order valence-corrected chi connectivity index (χ0v) is 15.4. The van der Waals surface area contributed by atoms with Gasteiger partial charge < -0.3 is 14.8 Å². The third-order valence-corrected chi connectivity index (χ3v) is 4.41. The van der Waals surface area contributed by atoms with Crippen molar-refractivity contribution in [3.8, 4) is 0 Å². The second kappa shape index (κ2) is 7.69. The Labute approximate surface area is 150 Å². The van der Waals surface area contributed by atoms with E-state index in [-0.39, 0.29) is 29.0 Å². The molecule has 0 aliphatic rings. The molecule has 0 spiro atoms. The lowest BCUT2D eigenvalue weighted by molar-refractivity contribution is -0.136. The van der Waals surface area contributed by atoms with Crippen LogP contribution in [0, 0.1) is 0 Å². The van der Waals surface area contributed by atoms with Gasteiger partial charge in [-0.15, -0.1) is 10.2 Å². The van der Waals surface area contributed by atoms with E-state index in [1.165, 1.54) is 6.92 Å². The van der Waals surface area contributed by atoms with Gasteiger partial charge in [-0.05, 0) is 30.0 Å². The van der Waals surface area contributed by atoms with Gasteiger partial charge in [0.05, 0.1) is 6.54 Å². The van der Waals surface area contributed by atoms with Gasteiger partial charge in [0.15, 0.2) is 0 Å². The van der Waals surface area contributed by atoms with Crippen molar-refractivity contribution in [3.05, 3.63) is 41.3 Å². The van der Waals surface area contributed by atoms with Crippen molar-refractivity contribution in [1.82, 2.24) is 15.5 Å². The molecule has 1 aromatic heterocycles. The first-order chi connectivity index (χ1) is 11.7. The number of carbonyl (C=O) groups excluding carboxylic acids is 1. The van der Waals surface area contributed by atoms with Gasteiger partial charge in [0.2, 0.25) is 5.89 Å². The molecule has 0 aliphatic carbocycles. The molecule has 0 unspecified atom stereocenters. The number of aromatic nitrogens is 2. The monoisotopic (exact) mass is 363 g/mol. The number of nitrogens with zero attached hydrogens (tertiary/aromatic N) is 2. The molecule has 0 radical (unpaired) electrons. The molecule has 7 nitrogen and oxygen atoms in total. The highest BCUT2D eigenvalue weighted by atomic mass is 32.2. The van der Waals surface area contributed by atoms with Crippen LogP contribution in [-0.4, -0.2) is 32.4 Å². The van der Waals surface area contributed by atoms with Crippen LogP contribution in [0.1, 0.15) is 49.5 Å². The standard InChI is InChI=1S/C17H21N3O4S/c1-10(15(22)23)25-16-20-19-13(24-16)9-18-14(21)11-5-7-12(8-6-11)17(2,3)4/h5-8,10H,9H2,1-4H3,(H,18,21)(H,22,23)/t10-/m1/s1. The maximum absolute atomic E-state index is 12.2. The summed E-state index contributed by atoms with van der Waals surface area (Å²) in [6, 6.07) is 7.42. The molecule has 0 aliphatic heterocycles.